The molecular weight excluding hydrogens is 277 g/mol. The van der Waals surface area contributed by atoms with Gasteiger partial charge in [-0.05, 0) is 62.4 Å². The lowest BCUT2D eigenvalue weighted by Crippen LogP contribution is -2.50. The molecule has 2 aromatic carbocycles. The Morgan fingerprint density at radius 3 is 2.36 bits per heavy atom. The molecule has 3 rings (SSSR count). The highest BCUT2D eigenvalue weighted by atomic mass is 19.1. The van der Waals surface area contributed by atoms with Crippen LogP contribution in [-0.4, -0.2) is 5.91 Å². The molecule has 0 bridgehead atoms. The van der Waals surface area contributed by atoms with Crippen LogP contribution in [-0.2, 0) is 5.54 Å². The number of benzene rings is 2. The zero-order valence-corrected chi connectivity index (χ0v) is 12.9. The standard InChI is InChI=1S/C19H20FNO/c1-13-4-5-14(2)17(12-13)18(22)21-19(10-3-11-19)15-6-8-16(20)9-7-15/h4-9,12H,3,10-11H2,1-2H3,(H,21,22). The number of rotatable bonds is 3. The number of aryl methyl sites for hydroxylation is 2. The van der Waals surface area contributed by atoms with Gasteiger partial charge in [0.1, 0.15) is 5.82 Å². The van der Waals surface area contributed by atoms with E-state index in [0.29, 0.717) is 5.56 Å². The first-order valence-electron chi connectivity index (χ1n) is 7.66. The first-order valence-corrected chi connectivity index (χ1v) is 7.66. The molecule has 1 fully saturated rings. The van der Waals surface area contributed by atoms with Gasteiger partial charge in [0, 0.05) is 5.56 Å². The van der Waals surface area contributed by atoms with E-state index >= 15 is 0 Å². The maximum Gasteiger partial charge on any atom is 0.252 e. The summed E-state index contributed by atoms with van der Waals surface area (Å²) < 4.78 is 13.1. The molecule has 0 radical (unpaired) electrons. The molecule has 114 valence electrons. The van der Waals surface area contributed by atoms with Crippen molar-refractivity contribution in [1.29, 1.82) is 0 Å². The highest BCUT2D eigenvalue weighted by Gasteiger charge is 2.40. The molecule has 1 N–H and O–H groups in total. The maximum atomic E-state index is 13.1. The van der Waals surface area contributed by atoms with Crippen LogP contribution in [0.4, 0.5) is 4.39 Å². The van der Waals surface area contributed by atoms with Gasteiger partial charge in [-0.2, -0.15) is 0 Å². The van der Waals surface area contributed by atoms with E-state index in [1.807, 2.05) is 32.0 Å². The molecule has 22 heavy (non-hydrogen) atoms. The number of carbonyl (C=O) groups is 1. The zero-order valence-electron chi connectivity index (χ0n) is 12.9. The Hall–Kier alpha value is -2.16. The minimum Gasteiger partial charge on any atom is -0.343 e. The largest absolute Gasteiger partial charge is 0.343 e. The third-order valence-electron chi connectivity index (χ3n) is 4.59. The lowest BCUT2D eigenvalue weighted by molar-refractivity contribution is 0.0822. The van der Waals surface area contributed by atoms with E-state index in [2.05, 4.69) is 5.32 Å². The molecule has 0 spiro atoms. The van der Waals surface area contributed by atoms with Crippen LogP contribution in [0.25, 0.3) is 0 Å². The van der Waals surface area contributed by atoms with Gasteiger partial charge in [-0.25, -0.2) is 4.39 Å². The van der Waals surface area contributed by atoms with Crippen molar-refractivity contribution in [2.75, 3.05) is 0 Å². The Morgan fingerprint density at radius 2 is 1.77 bits per heavy atom. The fourth-order valence-corrected chi connectivity index (χ4v) is 3.05. The van der Waals surface area contributed by atoms with Gasteiger partial charge < -0.3 is 5.32 Å². The molecule has 1 amide bonds. The van der Waals surface area contributed by atoms with Crippen molar-refractivity contribution in [2.45, 2.75) is 38.6 Å². The lowest BCUT2D eigenvalue weighted by Gasteiger charge is -2.43. The number of hydrogen-bond donors (Lipinski definition) is 1. The van der Waals surface area contributed by atoms with E-state index in [1.54, 1.807) is 12.1 Å². The fourth-order valence-electron chi connectivity index (χ4n) is 3.05. The number of amides is 1. The van der Waals surface area contributed by atoms with Gasteiger partial charge in [0.25, 0.3) is 5.91 Å². The van der Waals surface area contributed by atoms with Crippen molar-refractivity contribution >= 4 is 5.91 Å². The second-order valence-electron chi connectivity index (χ2n) is 6.22. The average Bonchev–Trinajstić information content (AvgIpc) is 2.46. The SMILES string of the molecule is Cc1ccc(C)c(C(=O)NC2(c3ccc(F)cc3)CCC2)c1. The molecule has 0 aliphatic heterocycles. The van der Waals surface area contributed by atoms with Gasteiger partial charge in [-0.15, -0.1) is 0 Å². The Kier molecular flexibility index (Phi) is 3.73. The van der Waals surface area contributed by atoms with E-state index in [4.69, 9.17) is 0 Å². The van der Waals surface area contributed by atoms with Crippen LogP contribution in [0.5, 0.6) is 0 Å². The first-order chi connectivity index (χ1) is 10.5. The van der Waals surface area contributed by atoms with Crippen molar-refractivity contribution in [3.63, 3.8) is 0 Å². The van der Waals surface area contributed by atoms with Gasteiger partial charge in [0.15, 0.2) is 0 Å². The lowest BCUT2D eigenvalue weighted by atomic mass is 9.71. The fraction of sp³-hybridized carbons (Fsp3) is 0.316. The molecule has 0 aromatic heterocycles. The molecule has 2 aromatic rings. The summed E-state index contributed by atoms with van der Waals surface area (Å²) in [6, 6.07) is 12.4. The minimum absolute atomic E-state index is 0.0507. The molecule has 3 heteroatoms. The van der Waals surface area contributed by atoms with Crippen LogP contribution in [0.3, 0.4) is 0 Å². The Morgan fingerprint density at radius 1 is 1.09 bits per heavy atom. The number of halogens is 1. The van der Waals surface area contributed by atoms with Crippen LogP contribution in [0.2, 0.25) is 0 Å². The highest BCUT2D eigenvalue weighted by molar-refractivity contribution is 5.96. The van der Waals surface area contributed by atoms with Crippen LogP contribution < -0.4 is 5.32 Å². The monoisotopic (exact) mass is 297 g/mol. The van der Waals surface area contributed by atoms with Crippen LogP contribution in [0.15, 0.2) is 42.5 Å². The van der Waals surface area contributed by atoms with Gasteiger partial charge >= 0.3 is 0 Å². The summed E-state index contributed by atoms with van der Waals surface area (Å²) in [6.07, 6.45) is 2.87. The predicted octanol–water partition coefficient (Wildman–Crippen LogP) is 4.25. The van der Waals surface area contributed by atoms with Gasteiger partial charge in [0.05, 0.1) is 5.54 Å². The van der Waals surface area contributed by atoms with Crippen molar-refractivity contribution < 1.29 is 9.18 Å². The molecule has 0 saturated heterocycles. The smallest absolute Gasteiger partial charge is 0.252 e. The summed E-state index contributed by atoms with van der Waals surface area (Å²) in [5.41, 5.74) is 3.39. The summed E-state index contributed by atoms with van der Waals surface area (Å²) in [6.45, 7) is 3.93. The summed E-state index contributed by atoms with van der Waals surface area (Å²) in [4.78, 5) is 12.7. The molecule has 0 unspecified atom stereocenters. The third kappa shape index (κ3) is 2.63. The Labute approximate surface area is 130 Å². The minimum atomic E-state index is -0.346. The molecule has 0 heterocycles. The van der Waals surface area contributed by atoms with E-state index in [1.165, 1.54) is 12.1 Å². The second kappa shape index (κ2) is 5.56. The highest BCUT2D eigenvalue weighted by Crippen LogP contribution is 2.41. The predicted molar refractivity (Wildman–Crippen MR) is 85.3 cm³/mol. The van der Waals surface area contributed by atoms with Crippen molar-refractivity contribution in [3.8, 4) is 0 Å². The van der Waals surface area contributed by atoms with Crippen molar-refractivity contribution in [3.05, 3.63) is 70.5 Å². The summed E-state index contributed by atoms with van der Waals surface area (Å²) in [7, 11) is 0. The van der Waals surface area contributed by atoms with E-state index in [9.17, 15) is 9.18 Å². The molecule has 1 aliphatic carbocycles. The van der Waals surface area contributed by atoms with Crippen LogP contribution in [0.1, 0.15) is 46.3 Å². The average molecular weight is 297 g/mol. The summed E-state index contributed by atoms with van der Waals surface area (Å²) in [5.74, 6) is -0.302. The Bertz CT molecular complexity index is 702. The molecular formula is C19H20FNO. The normalized spacial score (nSPS) is 16.0. The quantitative estimate of drug-likeness (QED) is 0.901. The van der Waals surface area contributed by atoms with Crippen LogP contribution >= 0.6 is 0 Å². The Balaban J connectivity index is 1.88. The number of nitrogens with one attached hydrogen (secondary N) is 1. The number of carbonyl (C=O) groups excluding carboxylic acids is 1. The van der Waals surface area contributed by atoms with Crippen LogP contribution in [0, 0.1) is 19.7 Å². The molecule has 0 atom stereocenters. The van der Waals surface area contributed by atoms with Crippen molar-refractivity contribution in [1.82, 2.24) is 5.32 Å². The zero-order chi connectivity index (χ0) is 15.7. The first kappa shape index (κ1) is 14.8. The molecule has 1 saturated carbocycles. The van der Waals surface area contributed by atoms with Crippen molar-refractivity contribution in [2.24, 2.45) is 0 Å². The van der Waals surface area contributed by atoms with Gasteiger partial charge in [-0.1, -0.05) is 29.8 Å². The van der Waals surface area contributed by atoms with E-state index in [-0.39, 0.29) is 17.3 Å². The van der Waals surface area contributed by atoms with E-state index in [0.717, 1.165) is 36.0 Å². The van der Waals surface area contributed by atoms with Gasteiger partial charge in [-0.3, -0.25) is 4.79 Å². The molecule has 2 nitrogen and oxygen atoms in total. The topological polar surface area (TPSA) is 29.1 Å². The second-order valence-corrected chi connectivity index (χ2v) is 6.22. The maximum absolute atomic E-state index is 13.1. The summed E-state index contributed by atoms with van der Waals surface area (Å²) in [5, 5.41) is 3.19. The molecule has 1 aliphatic rings. The van der Waals surface area contributed by atoms with Gasteiger partial charge in [0.2, 0.25) is 0 Å². The van der Waals surface area contributed by atoms with E-state index < -0.39 is 0 Å². The number of hydrogen-bond acceptors (Lipinski definition) is 1. The summed E-state index contributed by atoms with van der Waals surface area (Å²) >= 11 is 0. The third-order valence-corrected chi connectivity index (χ3v) is 4.59.